The summed E-state index contributed by atoms with van der Waals surface area (Å²) in [5.41, 5.74) is 1.05. The highest BCUT2D eigenvalue weighted by Gasteiger charge is 2.14. The Morgan fingerprint density at radius 2 is 2.22 bits per heavy atom. The quantitative estimate of drug-likeness (QED) is 0.917. The zero-order valence-electron chi connectivity index (χ0n) is 11.3. The molecule has 0 bridgehead atoms. The number of halogens is 1. The van der Waals surface area contributed by atoms with Crippen LogP contribution < -0.4 is 10.1 Å². The maximum Gasteiger partial charge on any atom is 0.122 e. The third-order valence-electron chi connectivity index (χ3n) is 2.57. The third-order valence-corrected chi connectivity index (χ3v) is 2.80. The lowest BCUT2D eigenvalue weighted by molar-refractivity contribution is 0.0000681. The van der Waals surface area contributed by atoms with Crippen molar-refractivity contribution in [3.05, 3.63) is 28.8 Å². The number of ether oxygens (including phenoxy) is 2. The molecule has 0 amide bonds. The lowest BCUT2D eigenvalue weighted by atomic mass is 10.2. The van der Waals surface area contributed by atoms with Crippen LogP contribution in [0.15, 0.2) is 18.2 Å². The van der Waals surface area contributed by atoms with E-state index < -0.39 is 0 Å². The molecule has 1 heterocycles. The number of rotatable bonds is 3. The van der Waals surface area contributed by atoms with E-state index >= 15 is 0 Å². The van der Waals surface area contributed by atoms with E-state index in [1.54, 1.807) is 0 Å². The fourth-order valence-corrected chi connectivity index (χ4v) is 1.91. The highest BCUT2D eigenvalue weighted by molar-refractivity contribution is 6.30. The molecule has 0 aromatic heterocycles. The van der Waals surface area contributed by atoms with Gasteiger partial charge in [-0.3, -0.25) is 0 Å². The van der Waals surface area contributed by atoms with Crippen LogP contribution in [-0.4, -0.2) is 32.4 Å². The van der Waals surface area contributed by atoms with Crippen molar-refractivity contribution in [3.63, 3.8) is 0 Å². The minimum atomic E-state index is 0.142. The van der Waals surface area contributed by atoms with Gasteiger partial charge in [0.25, 0.3) is 0 Å². The average Bonchev–Trinajstić information content (AvgIpc) is 2.41. The summed E-state index contributed by atoms with van der Waals surface area (Å²) in [6.07, 6.45) is 0.142. The van der Waals surface area contributed by atoms with Gasteiger partial charge in [0, 0.05) is 18.1 Å². The Morgan fingerprint density at radius 1 is 1.44 bits per heavy atom. The van der Waals surface area contributed by atoms with Crippen molar-refractivity contribution in [2.24, 2.45) is 0 Å². The minimum absolute atomic E-state index is 0.142. The molecular weight excluding hydrogens is 250 g/mol. The average molecular weight is 272 g/mol. The molecule has 0 radical (unpaired) electrons. The fourth-order valence-electron chi connectivity index (χ4n) is 1.68. The number of morpholine rings is 1. The van der Waals surface area contributed by atoms with E-state index in [0.29, 0.717) is 6.61 Å². The largest absolute Gasteiger partial charge is 0.491 e. The second kappa shape index (κ2) is 8.35. The molecule has 1 aliphatic heterocycles. The first-order valence-electron chi connectivity index (χ1n) is 6.47. The number of nitrogens with one attached hydrogen (secondary N) is 1. The van der Waals surface area contributed by atoms with Crippen LogP contribution in [-0.2, 0) is 4.74 Å². The first kappa shape index (κ1) is 15.3. The van der Waals surface area contributed by atoms with E-state index in [1.165, 1.54) is 0 Å². The van der Waals surface area contributed by atoms with Crippen molar-refractivity contribution in [3.8, 4) is 5.75 Å². The van der Waals surface area contributed by atoms with E-state index in [4.69, 9.17) is 21.1 Å². The third kappa shape index (κ3) is 4.84. The minimum Gasteiger partial charge on any atom is -0.491 e. The van der Waals surface area contributed by atoms with E-state index in [1.807, 2.05) is 39.0 Å². The van der Waals surface area contributed by atoms with E-state index in [0.717, 1.165) is 36.0 Å². The highest BCUT2D eigenvalue weighted by Crippen LogP contribution is 2.22. The molecule has 2 rings (SSSR count). The topological polar surface area (TPSA) is 30.5 Å². The summed E-state index contributed by atoms with van der Waals surface area (Å²) < 4.78 is 11.3. The summed E-state index contributed by atoms with van der Waals surface area (Å²) in [6.45, 7) is 9.10. The molecule has 1 atom stereocenters. The number of benzene rings is 1. The Kier molecular flexibility index (Phi) is 7.09. The van der Waals surface area contributed by atoms with E-state index in [2.05, 4.69) is 5.32 Å². The number of hydrogen-bond acceptors (Lipinski definition) is 3. The second-order valence-corrected chi connectivity index (χ2v) is 4.35. The van der Waals surface area contributed by atoms with Crippen molar-refractivity contribution in [2.45, 2.75) is 26.9 Å². The molecule has 0 aliphatic carbocycles. The molecule has 1 aromatic rings. The van der Waals surface area contributed by atoms with Gasteiger partial charge < -0.3 is 14.8 Å². The maximum atomic E-state index is 5.88. The zero-order valence-corrected chi connectivity index (χ0v) is 12.1. The lowest BCUT2D eigenvalue weighted by Gasteiger charge is -2.24. The van der Waals surface area contributed by atoms with Crippen LogP contribution in [0.5, 0.6) is 5.75 Å². The van der Waals surface area contributed by atoms with Gasteiger partial charge in [-0.25, -0.2) is 0 Å². The standard InChI is InChI=1S/C12H16ClNO2.C2H6/c1-9-6-10(13)2-3-12(9)16-8-11-7-14-4-5-15-11;1-2/h2-3,6,11,14H,4-5,7-8H2,1H3;1-2H3. The van der Waals surface area contributed by atoms with Crippen LogP contribution in [0, 0.1) is 6.92 Å². The van der Waals surface area contributed by atoms with Crippen molar-refractivity contribution in [1.82, 2.24) is 5.32 Å². The second-order valence-electron chi connectivity index (χ2n) is 3.92. The molecule has 4 heteroatoms. The summed E-state index contributed by atoms with van der Waals surface area (Å²) in [7, 11) is 0. The maximum absolute atomic E-state index is 5.88. The van der Waals surface area contributed by atoms with Crippen LogP contribution in [0.25, 0.3) is 0 Å². The van der Waals surface area contributed by atoms with Crippen LogP contribution in [0.2, 0.25) is 5.02 Å². The van der Waals surface area contributed by atoms with Gasteiger partial charge in [-0.05, 0) is 30.7 Å². The molecule has 1 aliphatic rings. The fraction of sp³-hybridized carbons (Fsp3) is 0.571. The van der Waals surface area contributed by atoms with Gasteiger partial charge >= 0.3 is 0 Å². The van der Waals surface area contributed by atoms with Gasteiger partial charge in [0.1, 0.15) is 18.5 Å². The van der Waals surface area contributed by atoms with Crippen LogP contribution in [0.1, 0.15) is 19.4 Å². The smallest absolute Gasteiger partial charge is 0.122 e. The summed E-state index contributed by atoms with van der Waals surface area (Å²) in [5, 5.41) is 4.01. The van der Waals surface area contributed by atoms with Crippen molar-refractivity contribution >= 4 is 11.6 Å². The van der Waals surface area contributed by atoms with E-state index in [9.17, 15) is 0 Å². The lowest BCUT2D eigenvalue weighted by Crippen LogP contribution is -2.41. The molecule has 18 heavy (non-hydrogen) atoms. The first-order chi connectivity index (χ1) is 8.75. The predicted molar refractivity (Wildman–Crippen MR) is 75.6 cm³/mol. The molecule has 1 saturated heterocycles. The summed E-state index contributed by atoms with van der Waals surface area (Å²) in [6, 6.07) is 5.63. The molecule has 0 saturated carbocycles. The molecule has 102 valence electrons. The highest BCUT2D eigenvalue weighted by atomic mass is 35.5. The normalized spacial score (nSPS) is 18.8. The molecule has 1 fully saturated rings. The predicted octanol–water partition coefficient (Wildman–Crippen LogP) is 3.04. The summed E-state index contributed by atoms with van der Waals surface area (Å²) >= 11 is 5.88. The molecule has 1 aromatic carbocycles. The van der Waals surface area contributed by atoms with Crippen LogP contribution >= 0.6 is 11.6 Å². The Morgan fingerprint density at radius 3 is 2.83 bits per heavy atom. The van der Waals surface area contributed by atoms with Gasteiger partial charge in [-0.15, -0.1) is 0 Å². The Balaban J connectivity index is 0.000000771. The molecule has 3 nitrogen and oxygen atoms in total. The van der Waals surface area contributed by atoms with Crippen molar-refractivity contribution in [2.75, 3.05) is 26.3 Å². The molecule has 0 spiro atoms. The summed E-state index contributed by atoms with van der Waals surface area (Å²) in [5.74, 6) is 0.874. The zero-order chi connectivity index (χ0) is 13.4. The van der Waals surface area contributed by atoms with Gasteiger partial charge in [-0.1, -0.05) is 25.4 Å². The van der Waals surface area contributed by atoms with Gasteiger partial charge in [0.2, 0.25) is 0 Å². The Bertz CT molecular complexity index is 352. The van der Waals surface area contributed by atoms with Crippen molar-refractivity contribution in [1.29, 1.82) is 0 Å². The summed E-state index contributed by atoms with van der Waals surface area (Å²) in [4.78, 5) is 0. The number of aryl methyl sites for hydroxylation is 1. The van der Waals surface area contributed by atoms with Crippen LogP contribution in [0.4, 0.5) is 0 Å². The van der Waals surface area contributed by atoms with Crippen LogP contribution in [0.3, 0.4) is 0 Å². The Labute approximate surface area is 114 Å². The molecular formula is C14H22ClNO2. The monoisotopic (exact) mass is 271 g/mol. The Hall–Kier alpha value is -0.770. The van der Waals surface area contributed by atoms with Gasteiger partial charge in [-0.2, -0.15) is 0 Å². The first-order valence-corrected chi connectivity index (χ1v) is 6.85. The van der Waals surface area contributed by atoms with Gasteiger partial charge in [0.15, 0.2) is 0 Å². The number of hydrogen-bond donors (Lipinski definition) is 1. The van der Waals surface area contributed by atoms with Crippen molar-refractivity contribution < 1.29 is 9.47 Å². The molecule has 1 N–H and O–H groups in total. The SMILES string of the molecule is CC.Cc1cc(Cl)ccc1OCC1CNCCO1. The van der Waals surface area contributed by atoms with E-state index in [-0.39, 0.29) is 6.10 Å². The molecule has 1 unspecified atom stereocenters. The van der Waals surface area contributed by atoms with Gasteiger partial charge in [0.05, 0.1) is 6.61 Å².